The maximum Gasteiger partial charge on any atom is 0.591 e. The molecule has 0 radical (unpaired) electrons. The number of fused-ring (bicyclic) bond motifs is 2. The maximum atomic E-state index is 13.6. The van der Waals surface area contributed by atoms with Gasteiger partial charge in [-0.2, -0.15) is 4.73 Å². The number of nitrogens with one attached hydrogen (secondary N) is 2. The molecule has 0 atom stereocenters. The van der Waals surface area contributed by atoms with Crippen LogP contribution in [0.4, 0.5) is 26.3 Å². The van der Waals surface area contributed by atoms with E-state index in [0.717, 1.165) is 17.7 Å². The molecule has 8 aromatic rings. The van der Waals surface area contributed by atoms with E-state index < -0.39 is 55.9 Å². The van der Waals surface area contributed by atoms with Gasteiger partial charge in [-0.3, -0.25) is 23.7 Å². The molecule has 0 aliphatic rings. The maximum absolute atomic E-state index is 13.6. The minimum absolute atomic E-state index is 0.00207. The first kappa shape index (κ1) is 53.6. The van der Waals surface area contributed by atoms with Crippen LogP contribution in [0.2, 0.25) is 0 Å². The SMILES string of the molecule is CCS(=O)(=O)NC(=O)c1ccc2c(c1)c(Cc1ccccc1)c(C(=O)c1ccccc1)n2OC(F)(F)F.CCS(=O)(=O)c1ccc(CNC(=O)c2ccc3c(ccn3C(=O)c3ccc(OC(F)(F)F)cc3)c2)cc1. The fraction of sp³-hybridized carbons (Fsp3) is 0.154. The molecule has 2 amide bonds. The van der Waals surface area contributed by atoms with Gasteiger partial charge in [-0.15, -0.1) is 26.3 Å². The quantitative estimate of drug-likeness (QED) is 0.0739. The van der Waals surface area contributed by atoms with Gasteiger partial charge in [0, 0.05) is 52.2 Å². The minimum Gasteiger partial charge on any atom is -0.406 e. The average molecular weight is 1060 g/mol. The van der Waals surface area contributed by atoms with E-state index in [9.17, 15) is 62.4 Å². The Morgan fingerprint density at radius 3 is 1.78 bits per heavy atom. The summed E-state index contributed by atoms with van der Waals surface area (Å²) in [6.07, 6.45) is -8.40. The Morgan fingerprint density at radius 2 is 1.19 bits per heavy atom. The van der Waals surface area contributed by atoms with Gasteiger partial charge in [0.05, 0.1) is 27.4 Å². The van der Waals surface area contributed by atoms with E-state index >= 15 is 0 Å². The standard InChI is InChI=1S/2C26H21F3N2O5S/c1-2-37(34,35)22-10-3-17(4-11-22)16-30-24(32)20-7-12-23-19(15-20)13-14-31(23)25(33)18-5-8-21(9-6-18)36-26(27,28)29;1-2-37(34,35)30-25(33)19-13-14-22-20(16-19)21(15-17-9-5-3-6-10-17)23(31(22)36-26(27,28)29)24(32)18-11-7-4-8-12-18/h3-15H,2,16H2,1H3,(H,30,32);3-14,16H,2,15H2,1H3,(H,30,33). The van der Waals surface area contributed by atoms with Crippen molar-refractivity contribution < 1.29 is 71.9 Å². The third-order valence-corrected chi connectivity index (χ3v) is 14.2. The molecule has 0 saturated carbocycles. The van der Waals surface area contributed by atoms with E-state index in [1.807, 2.05) is 4.72 Å². The lowest BCUT2D eigenvalue weighted by molar-refractivity contribution is -0.321. The van der Waals surface area contributed by atoms with E-state index in [1.54, 1.807) is 91.9 Å². The smallest absolute Gasteiger partial charge is 0.406 e. The van der Waals surface area contributed by atoms with Crippen LogP contribution in [0, 0.1) is 0 Å². The van der Waals surface area contributed by atoms with Crippen molar-refractivity contribution in [1.29, 1.82) is 0 Å². The Balaban J connectivity index is 0.000000216. The summed E-state index contributed by atoms with van der Waals surface area (Å²) in [5.74, 6) is -3.25. The van der Waals surface area contributed by atoms with Crippen LogP contribution < -0.4 is 19.6 Å². The van der Waals surface area contributed by atoms with E-state index in [-0.39, 0.29) is 74.1 Å². The van der Waals surface area contributed by atoms with Crippen molar-refractivity contribution in [1.82, 2.24) is 19.3 Å². The van der Waals surface area contributed by atoms with Crippen LogP contribution in [-0.2, 0) is 32.8 Å². The first-order valence-electron chi connectivity index (χ1n) is 22.2. The summed E-state index contributed by atoms with van der Waals surface area (Å²) in [5, 5.41) is 3.53. The lowest BCUT2D eigenvalue weighted by atomic mass is 9.97. The molecule has 384 valence electrons. The Labute approximate surface area is 419 Å². The summed E-state index contributed by atoms with van der Waals surface area (Å²) >= 11 is 0. The van der Waals surface area contributed by atoms with Crippen LogP contribution in [0.1, 0.15) is 77.7 Å². The Morgan fingerprint density at radius 1 is 0.595 bits per heavy atom. The minimum atomic E-state index is -5.13. The number of ether oxygens (including phenoxy) is 1. The number of halogens is 6. The van der Waals surface area contributed by atoms with Crippen molar-refractivity contribution in [2.45, 2.75) is 44.4 Å². The fourth-order valence-electron chi connectivity index (χ4n) is 7.54. The number of sulfone groups is 1. The molecule has 0 aliphatic carbocycles. The summed E-state index contributed by atoms with van der Waals surface area (Å²) in [5.41, 5.74) is 2.20. The van der Waals surface area contributed by atoms with Crippen molar-refractivity contribution in [3.63, 3.8) is 0 Å². The number of aromatic nitrogens is 2. The number of hydrogen-bond acceptors (Lipinski definition) is 10. The summed E-state index contributed by atoms with van der Waals surface area (Å²) in [7, 11) is -7.19. The number of carbonyl (C=O) groups is 4. The summed E-state index contributed by atoms with van der Waals surface area (Å²) in [6.45, 7) is 3.11. The molecular weight excluding hydrogens is 1020 g/mol. The molecule has 74 heavy (non-hydrogen) atoms. The Bertz CT molecular complexity index is 3600. The number of rotatable bonds is 15. The van der Waals surface area contributed by atoms with E-state index in [1.165, 1.54) is 72.3 Å². The van der Waals surface area contributed by atoms with Gasteiger partial charge in [0.15, 0.2) is 9.84 Å². The van der Waals surface area contributed by atoms with Crippen molar-refractivity contribution in [2.75, 3.05) is 11.5 Å². The van der Waals surface area contributed by atoms with Gasteiger partial charge in [-0.1, -0.05) is 79.7 Å². The van der Waals surface area contributed by atoms with Gasteiger partial charge in [0.1, 0.15) is 11.4 Å². The first-order valence-corrected chi connectivity index (χ1v) is 25.5. The highest BCUT2D eigenvalue weighted by Crippen LogP contribution is 2.33. The molecule has 2 N–H and O–H groups in total. The van der Waals surface area contributed by atoms with Crippen LogP contribution >= 0.6 is 0 Å². The van der Waals surface area contributed by atoms with Gasteiger partial charge in [0.2, 0.25) is 15.8 Å². The molecule has 0 fully saturated rings. The third-order valence-electron chi connectivity index (χ3n) is 11.2. The third kappa shape index (κ3) is 13.0. The monoisotopic (exact) mass is 1060 g/mol. The molecule has 0 unspecified atom stereocenters. The van der Waals surface area contributed by atoms with Gasteiger partial charge < -0.3 is 14.9 Å². The molecule has 22 heteroatoms. The topological polar surface area (TPSA) is 189 Å². The second-order valence-electron chi connectivity index (χ2n) is 16.1. The largest absolute Gasteiger partial charge is 0.591 e. The Hall–Kier alpha value is -8.24. The number of hydrogen-bond donors (Lipinski definition) is 2. The van der Waals surface area contributed by atoms with Crippen LogP contribution in [0.15, 0.2) is 163 Å². The molecule has 0 saturated heterocycles. The second-order valence-corrected chi connectivity index (χ2v) is 20.4. The van der Waals surface area contributed by atoms with Crippen molar-refractivity contribution >= 4 is 65.2 Å². The summed E-state index contributed by atoms with van der Waals surface area (Å²) in [6, 6.07) is 37.4. The van der Waals surface area contributed by atoms with Gasteiger partial charge in [-0.05, 0) is 102 Å². The lowest BCUT2D eigenvalue weighted by Gasteiger charge is -2.14. The lowest BCUT2D eigenvalue weighted by Crippen LogP contribution is -2.31. The predicted octanol–water partition coefficient (Wildman–Crippen LogP) is 9.44. The van der Waals surface area contributed by atoms with E-state index in [0.29, 0.717) is 26.8 Å². The number of alkyl halides is 6. The molecule has 8 rings (SSSR count). The van der Waals surface area contributed by atoms with Crippen LogP contribution in [0.3, 0.4) is 0 Å². The first-order chi connectivity index (χ1) is 35.0. The van der Waals surface area contributed by atoms with Gasteiger partial charge in [-0.25, -0.2) is 21.6 Å². The summed E-state index contributed by atoms with van der Waals surface area (Å²) < 4.78 is 133. The number of ketones is 1. The van der Waals surface area contributed by atoms with Crippen LogP contribution in [0.5, 0.6) is 5.75 Å². The zero-order valence-corrected chi connectivity index (χ0v) is 40.5. The van der Waals surface area contributed by atoms with Crippen molar-refractivity contribution in [3.05, 3.63) is 202 Å². The number of benzene rings is 6. The molecule has 2 heterocycles. The molecule has 0 bridgehead atoms. The molecule has 0 spiro atoms. The fourth-order valence-corrected chi connectivity index (χ4v) is 8.97. The number of nitrogens with zero attached hydrogens (tertiary/aromatic N) is 2. The highest BCUT2D eigenvalue weighted by molar-refractivity contribution is 7.91. The van der Waals surface area contributed by atoms with Crippen LogP contribution in [-0.4, -0.2) is 73.9 Å². The highest BCUT2D eigenvalue weighted by Gasteiger charge is 2.37. The van der Waals surface area contributed by atoms with E-state index in [4.69, 9.17) is 0 Å². The average Bonchev–Trinajstić information content (AvgIpc) is 3.93. The Kier molecular flexibility index (Phi) is 15.8. The molecule has 0 aliphatic heterocycles. The van der Waals surface area contributed by atoms with Gasteiger partial charge >= 0.3 is 12.7 Å². The number of carbonyl (C=O) groups excluding carboxylic acids is 4. The van der Waals surface area contributed by atoms with Crippen molar-refractivity contribution in [3.8, 4) is 5.75 Å². The summed E-state index contributed by atoms with van der Waals surface area (Å²) in [4.78, 5) is 56.3. The molecular formula is C52H42F6N4O10S2. The molecule has 2 aromatic heterocycles. The number of sulfonamides is 1. The zero-order chi connectivity index (χ0) is 53.6. The predicted molar refractivity (Wildman–Crippen MR) is 261 cm³/mol. The molecule has 6 aromatic carbocycles. The second kappa shape index (κ2) is 21.9. The van der Waals surface area contributed by atoms with Crippen LogP contribution in [0.25, 0.3) is 21.8 Å². The van der Waals surface area contributed by atoms with Gasteiger partial charge in [0.25, 0.3) is 17.7 Å². The number of amides is 2. The van der Waals surface area contributed by atoms with Crippen molar-refractivity contribution in [2.24, 2.45) is 0 Å². The van der Waals surface area contributed by atoms with E-state index in [2.05, 4.69) is 14.9 Å². The highest BCUT2D eigenvalue weighted by atomic mass is 32.2. The zero-order valence-electron chi connectivity index (χ0n) is 38.9. The molecule has 14 nitrogen and oxygen atoms in total. The normalized spacial score (nSPS) is 11.9.